The zero-order valence-electron chi connectivity index (χ0n) is 13.3. The lowest BCUT2D eigenvalue weighted by Gasteiger charge is -2.17. The second kappa shape index (κ2) is 6.24. The van der Waals surface area contributed by atoms with Crippen molar-refractivity contribution in [2.45, 2.75) is 6.42 Å². The molecule has 0 spiro atoms. The van der Waals surface area contributed by atoms with E-state index in [9.17, 15) is 9.59 Å². The van der Waals surface area contributed by atoms with Crippen molar-refractivity contribution in [2.24, 2.45) is 0 Å². The molecule has 0 atom stereocenters. The predicted molar refractivity (Wildman–Crippen MR) is 92.7 cm³/mol. The molecule has 0 bridgehead atoms. The lowest BCUT2D eigenvalue weighted by atomic mass is 10.1. The third-order valence-corrected chi connectivity index (χ3v) is 4.14. The van der Waals surface area contributed by atoms with Gasteiger partial charge in [0.2, 0.25) is 0 Å². The van der Waals surface area contributed by atoms with Crippen LogP contribution >= 0.6 is 0 Å². The molecule has 0 saturated carbocycles. The van der Waals surface area contributed by atoms with Gasteiger partial charge in [-0.1, -0.05) is 6.07 Å². The number of nitrogens with zero attached hydrogens (tertiary/aromatic N) is 2. The van der Waals surface area contributed by atoms with Crippen LogP contribution in [0.25, 0.3) is 0 Å². The van der Waals surface area contributed by atoms with Crippen molar-refractivity contribution in [3.63, 3.8) is 0 Å². The Morgan fingerprint density at radius 2 is 2.08 bits per heavy atom. The van der Waals surface area contributed by atoms with Gasteiger partial charge in [0.15, 0.2) is 5.76 Å². The van der Waals surface area contributed by atoms with E-state index in [4.69, 9.17) is 4.42 Å². The first kappa shape index (κ1) is 15.1. The molecule has 124 valence electrons. The molecule has 3 heterocycles. The Morgan fingerprint density at radius 3 is 2.84 bits per heavy atom. The van der Waals surface area contributed by atoms with E-state index in [1.165, 1.54) is 12.5 Å². The molecule has 4 rings (SSSR count). The second-order valence-electron chi connectivity index (χ2n) is 5.72. The Hall–Kier alpha value is -3.41. The Balaban J connectivity index is 1.58. The van der Waals surface area contributed by atoms with Gasteiger partial charge in [-0.25, -0.2) is 0 Å². The standard InChI is InChI=1S/C19H15N3O3/c23-18(14-3-1-8-20-12-14)21-15-6-5-13-7-9-22(16(13)11-15)19(24)17-4-2-10-25-17/h1-6,8,10-12H,7,9H2,(H,21,23). The maximum absolute atomic E-state index is 12.6. The largest absolute Gasteiger partial charge is 0.459 e. The number of aromatic nitrogens is 1. The first-order chi connectivity index (χ1) is 12.2. The minimum absolute atomic E-state index is 0.181. The average molecular weight is 333 g/mol. The van der Waals surface area contributed by atoms with E-state index in [1.807, 2.05) is 18.2 Å². The van der Waals surface area contributed by atoms with Crippen molar-refractivity contribution in [2.75, 3.05) is 16.8 Å². The molecule has 2 aromatic heterocycles. The van der Waals surface area contributed by atoms with Crippen LogP contribution in [-0.2, 0) is 6.42 Å². The van der Waals surface area contributed by atoms with E-state index in [-0.39, 0.29) is 11.8 Å². The third-order valence-electron chi connectivity index (χ3n) is 4.14. The molecule has 1 aliphatic heterocycles. The maximum atomic E-state index is 12.6. The summed E-state index contributed by atoms with van der Waals surface area (Å²) in [7, 11) is 0. The summed E-state index contributed by atoms with van der Waals surface area (Å²) in [4.78, 5) is 30.5. The van der Waals surface area contributed by atoms with E-state index in [1.54, 1.807) is 35.4 Å². The van der Waals surface area contributed by atoms with Gasteiger partial charge in [0.05, 0.1) is 11.8 Å². The summed E-state index contributed by atoms with van der Waals surface area (Å²) in [5, 5.41) is 2.84. The van der Waals surface area contributed by atoms with Crippen LogP contribution in [0.1, 0.15) is 26.5 Å². The van der Waals surface area contributed by atoms with Crippen LogP contribution in [-0.4, -0.2) is 23.3 Å². The van der Waals surface area contributed by atoms with Crippen molar-refractivity contribution in [3.8, 4) is 0 Å². The molecular weight excluding hydrogens is 318 g/mol. The molecule has 0 fully saturated rings. The molecule has 6 nitrogen and oxygen atoms in total. The van der Waals surface area contributed by atoms with E-state index >= 15 is 0 Å². The predicted octanol–water partition coefficient (Wildman–Crippen LogP) is 3.13. The van der Waals surface area contributed by atoms with Crippen LogP contribution in [0.15, 0.2) is 65.5 Å². The Bertz CT molecular complexity index is 920. The highest BCUT2D eigenvalue weighted by Gasteiger charge is 2.27. The van der Waals surface area contributed by atoms with Gasteiger partial charge in [-0.05, 0) is 48.4 Å². The number of anilines is 2. The van der Waals surface area contributed by atoms with Gasteiger partial charge in [0.25, 0.3) is 11.8 Å². The molecule has 1 aliphatic rings. The quantitative estimate of drug-likeness (QED) is 0.799. The van der Waals surface area contributed by atoms with E-state index in [0.717, 1.165) is 17.7 Å². The summed E-state index contributed by atoms with van der Waals surface area (Å²) in [5.74, 6) is -0.118. The second-order valence-corrected chi connectivity index (χ2v) is 5.72. The van der Waals surface area contributed by atoms with Crippen molar-refractivity contribution in [1.82, 2.24) is 4.98 Å². The van der Waals surface area contributed by atoms with Crippen LogP contribution in [0.2, 0.25) is 0 Å². The maximum Gasteiger partial charge on any atom is 0.293 e. The van der Waals surface area contributed by atoms with Gasteiger partial charge >= 0.3 is 0 Å². The highest BCUT2D eigenvalue weighted by atomic mass is 16.3. The zero-order chi connectivity index (χ0) is 17.2. The molecule has 1 aromatic carbocycles. The number of rotatable bonds is 3. The molecule has 25 heavy (non-hydrogen) atoms. The molecule has 6 heteroatoms. The topological polar surface area (TPSA) is 75.4 Å². The molecule has 0 unspecified atom stereocenters. The summed E-state index contributed by atoms with van der Waals surface area (Å²) in [6, 6.07) is 12.3. The van der Waals surface area contributed by atoms with Gasteiger partial charge in [0.1, 0.15) is 0 Å². The molecule has 1 N–H and O–H groups in total. The molecule has 2 amide bonds. The fourth-order valence-corrected chi connectivity index (χ4v) is 2.90. The molecule has 3 aromatic rings. The Kier molecular flexibility index (Phi) is 3.78. The highest BCUT2D eigenvalue weighted by Crippen LogP contribution is 2.32. The smallest absolute Gasteiger partial charge is 0.293 e. The number of pyridine rings is 1. The van der Waals surface area contributed by atoms with Gasteiger partial charge < -0.3 is 14.6 Å². The lowest BCUT2D eigenvalue weighted by Crippen LogP contribution is -2.28. The van der Waals surface area contributed by atoms with Crippen LogP contribution in [0, 0.1) is 0 Å². The number of hydrogen-bond donors (Lipinski definition) is 1. The van der Waals surface area contributed by atoms with Crippen molar-refractivity contribution < 1.29 is 14.0 Å². The van der Waals surface area contributed by atoms with Crippen LogP contribution in [0.4, 0.5) is 11.4 Å². The molecular formula is C19H15N3O3. The van der Waals surface area contributed by atoms with Crippen LogP contribution < -0.4 is 10.2 Å². The van der Waals surface area contributed by atoms with Crippen molar-refractivity contribution >= 4 is 23.2 Å². The SMILES string of the molecule is O=C(Nc1ccc2c(c1)N(C(=O)c1ccco1)CC2)c1cccnc1. The number of nitrogens with one attached hydrogen (secondary N) is 1. The first-order valence-electron chi connectivity index (χ1n) is 7.92. The van der Waals surface area contributed by atoms with Crippen molar-refractivity contribution in [3.05, 3.63) is 78.0 Å². The van der Waals surface area contributed by atoms with Crippen molar-refractivity contribution in [1.29, 1.82) is 0 Å². The first-order valence-corrected chi connectivity index (χ1v) is 7.92. The van der Waals surface area contributed by atoms with Crippen LogP contribution in [0.5, 0.6) is 0 Å². The van der Waals surface area contributed by atoms with Gasteiger partial charge in [0, 0.05) is 30.3 Å². The van der Waals surface area contributed by atoms with E-state index < -0.39 is 0 Å². The average Bonchev–Trinajstić information content (AvgIpc) is 3.31. The monoisotopic (exact) mass is 333 g/mol. The Morgan fingerprint density at radius 1 is 1.16 bits per heavy atom. The lowest BCUT2D eigenvalue weighted by molar-refractivity contribution is 0.0962. The number of amides is 2. The normalized spacial score (nSPS) is 12.7. The van der Waals surface area contributed by atoms with E-state index in [2.05, 4.69) is 10.3 Å². The number of carbonyl (C=O) groups is 2. The van der Waals surface area contributed by atoms with Gasteiger partial charge in [-0.15, -0.1) is 0 Å². The number of hydrogen-bond acceptors (Lipinski definition) is 4. The highest BCUT2D eigenvalue weighted by molar-refractivity contribution is 6.07. The summed E-state index contributed by atoms with van der Waals surface area (Å²) in [5.41, 5.74) is 2.97. The minimum atomic E-state index is -0.241. The fourth-order valence-electron chi connectivity index (χ4n) is 2.90. The van der Waals surface area contributed by atoms with Gasteiger partial charge in [-0.3, -0.25) is 14.6 Å². The summed E-state index contributed by atoms with van der Waals surface area (Å²) < 4.78 is 5.21. The number of benzene rings is 1. The van der Waals surface area contributed by atoms with Crippen LogP contribution in [0.3, 0.4) is 0 Å². The zero-order valence-corrected chi connectivity index (χ0v) is 13.3. The Labute approximate surface area is 144 Å². The third kappa shape index (κ3) is 2.89. The summed E-state index contributed by atoms with van der Waals surface area (Å²) in [6.07, 6.45) is 5.38. The summed E-state index contributed by atoms with van der Waals surface area (Å²) >= 11 is 0. The van der Waals surface area contributed by atoms with E-state index in [0.29, 0.717) is 23.6 Å². The number of furan rings is 1. The fraction of sp³-hybridized carbons (Fsp3) is 0.105. The minimum Gasteiger partial charge on any atom is -0.459 e. The van der Waals surface area contributed by atoms with Gasteiger partial charge in [-0.2, -0.15) is 0 Å². The summed E-state index contributed by atoms with van der Waals surface area (Å²) in [6.45, 7) is 0.592. The number of fused-ring (bicyclic) bond motifs is 1. The number of carbonyl (C=O) groups excluding carboxylic acids is 2. The molecule has 0 saturated heterocycles. The molecule has 0 radical (unpaired) electrons. The molecule has 0 aliphatic carbocycles.